The van der Waals surface area contributed by atoms with Crippen molar-refractivity contribution in [2.45, 2.75) is 12.5 Å². The van der Waals surface area contributed by atoms with E-state index < -0.39 is 17.7 Å². The van der Waals surface area contributed by atoms with Crippen molar-refractivity contribution in [2.24, 2.45) is 0 Å². The molecular weight excluding hydrogens is 422 g/mol. The van der Waals surface area contributed by atoms with Crippen molar-refractivity contribution in [3.05, 3.63) is 70.0 Å². The van der Waals surface area contributed by atoms with Gasteiger partial charge in [0.2, 0.25) is 0 Å². The van der Waals surface area contributed by atoms with Crippen LogP contribution >= 0.6 is 15.9 Å². The average molecular weight is 444 g/mol. The third-order valence-corrected chi connectivity index (χ3v) is 5.21. The minimum Gasteiger partial charge on any atom is -0.507 e. The van der Waals surface area contributed by atoms with E-state index in [0.717, 1.165) is 23.0 Å². The highest BCUT2D eigenvalue weighted by atomic mass is 79.9. The van der Waals surface area contributed by atoms with Crippen LogP contribution in [0.3, 0.4) is 0 Å². The van der Waals surface area contributed by atoms with Crippen molar-refractivity contribution in [2.75, 3.05) is 27.2 Å². The number of ketones is 1. The van der Waals surface area contributed by atoms with Crippen LogP contribution in [0.2, 0.25) is 0 Å². The zero-order valence-corrected chi connectivity index (χ0v) is 17.4. The molecule has 1 amide bonds. The van der Waals surface area contributed by atoms with Gasteiger partial charge in [-0.15, -0.1) is 0 Å². The standard InChI is InChI=1S/C21H22BrN3O3/c1-24(2)12-3-13-25-18(14-4-6-16(22)7-5-14)17(20(27)21(25)28)19(26)15-8-10-23-11-9-15/h4-11,18,26H,3,12-13H2,1-2H3. The maximum absolute atomic E-state index is 12.8. The molecule has 28 heavy (non-hydrogen) atoms. The molecule has 1 aromatic carbocycles. The fraction of sp³-hybridized carbons (Fsp3) is 0.286. The summed E-state index contributed by atoms with van der Waals surface area (Å²) in [6.45, 7) is 1.22. The molecule has 1 saturated heterocycles. The molecule has 2 heterocycles. The van der Waals surface area contributed by atoms with E-state index in [2.05, 4.69) is 20.9 Å². The highest BCUT2D eigenvalue weighted by molar-refractivity contribution is 9.10. The molecule has 0 saturated carbocycles. The summed E-state index contributed by atoms with van der Waals surface area (Å²) < 4.78 is 0.898. The first-order valence-electron chi connectivity index (χ1n) is 8.99. The molecule has 146 valence electrons. The first-order valence-corrected chi connectivity index (χ1v) is 9.78. The molecule has 1 atom stereocenters. The van der Waals surface area contributed by atoms with Gasteiger partial charge < -0.3 is 14.9 Å². The van der Waals surface area contributed by atoms with Gasteiger partial charge in [-0.3, -0.25) is 14.6 Å². The van der Waals surface area contributed by atoms with E-state index in [1.807, 2.05) is 43.3 Å². The van der Waals surface area contributed by atoms with E-state index in [1.54, 1.807) is 17.0 Å². The molecular formula is C21H22BrN3O3. The number of amides is 1. The Morgan fingerprint density at radius 1 is 1.14 bits per heavy atom. The topological polar surface area (TPSA) is 73.7 Å². The largest absolute Gasteiger partial charge is 0.507 e. The molecule has 7 heteroatoms. The maximum atomic E-state index is 12.8. The molecule has 1 fully saturated rings. The fourth-order valence-electron chi connectivity index (χ4n) is 3.32. The Hall–Kier alpha value is -2.51. The van der Waals surface area contributed by atoms with Crippen molar-refractivity contribution in [1.29, 1.82) is 0 Å². The highest BCUT2D eigenvalue weighted by Gasteiger charge is 2.45. The normalized spacial score (nSPS) is 18.9. The van der Waals surface area contributed by atoms with Crippen LogP contribution in [-0.4, -0.2) is 58.8 Å². The zero-order valence-electron chi connectivity index (χ0n) is 15.8. The van der Waals surface area contributed by atoms with Gasteiger partial charge in [-0.25, -0.2) is 0 Å². The molecule has 6 nitrogen and oxygen atoms in total. The number of nitrogens with zero attached hydrogens (tertiary/aromatic N) is 3. The number of pyridine rings is 1. The Morgan fingerprint density at radius 3 is 2.39 bits per heavy atom. The predicted molar refractivity (Wildman–Crippen MR) is 111 cm³/mol. The predicted octanol–water partition coefficient (Wildman–Crippen LogP) is 3.22. The van der Waals surface area contributed by atoms with Crippen LogP contribution < -0.4 is 0 Å². The summed E-state index contributed by atoms with van der Waals surface area (Å²) in [6.07, 6.45) is 3.80. The highest BCUT2D eigenvalue weighted by Crippen LogP contribution is 2.39. The minimum atomic E-state index is -0.660. The van der Waals surface area contributed by atoms with Gasteiger partial charge in [0.1, 0.15) is 5.76 Å². The number of likely N-dealkylation sites (tertiary alicyclic amines) is 1. The molecule has 0 spiro atoms. The van der Waals surface area contributed by atoms with Crippen molar-refractivity contribution in [3.63, 3.8) is 0 Å². The molecule has 0 radical (unpaired) electrons. The van der Waals surface area contributed by atoms with E-state index in [-0.39, 0.29) is 11.3 Å². The van der Waals surface area contributed by atoms with Gasteiger partial charge in [-0.1, -0.05) is 28.1 Å². The quantitative estimate of drug-likeness (QED) is 0.421. The lowest BCUT2D eigenvalue weighted by molar-refractivity contribution is -0.139. The third kappa shape index (κ3) is 4.15. The van der Waals surface area contributed by atoms with Crippen LogP contribution in [0.5, 0.6) is 0 Å². The van der Waals surface area contributed by atoms with E-state index in [9.17, 15) is 14.7 Å². The Kier molecular flexibility index (Phi) is 6.26. The van der Waals surface area contributed by atoms with Gasteiger partial charge >= 0.3 is 0 Å². The minimum absolute atomic E-state index is 0.114. The molecule has 1 aromatic heterocycles. The summed E-state index contributed by atoms with van der Waals surface area (Å²) in [5.41, 5.74) is 1.36. The van der Waals surface area contributed by atoms with Crippen molar-refractivity contribution in [3.8, 4) is 0 Å². The number of halogens is 1. The molecule has 1 aliphatic heterocycles. The second-order valence-corrected chi connectivity index (χ2v) is 7.85. The SMILES string of the molecule is CN(C)CCCN1C(=O)C(=O)C(=C(O)c2ccncc2)C1c1ccc(Br)cc1. The first-order chi connectivity index (χ1) is 13.4. The van der Waals surface area contributed by atoms with Crippen LogP contribution in [0.25, 0.3) is 5.76 Å². The molecule has 1 unspecified atom stereocenters. The van der Waals surface area contributed by atoms with E-state index in [1.165, 1.54) is 12.4 Å². The number of aliphatic hydroxyl groups excluding tert-OH is 1. The van der Waals surface area contributed by atoms with Gasteiger partial charge in [-0.2, -0.15) is 0 Å². The molecule has 1 aliphatic rings. The van der Waals surface area contributed by atoms with Gasteiger partial charge in [0.05, 0.1) is 11.6 Å². The molecule has 0 aliphatic carbocycles. The molecule has 0 bridgehead atoms. The number of hydrogen-bond donors (Lipinski definition) is 1. The summed E-state index contributed by atoms with van der Waals surface area (Å²) in [5, 5.41) is 10.9. The van der Waals surface area contributed by atoms with Gasteiger partial charge in [0, 0.05) is 29.0 Å². The van der Waals surface area contributed by atoms with Crippen LogP contribution in [0.15, 0.2) is 58.8 Å². The number of hydrogen-bond acceptors (Lipinski definition) is 5. The lowest BCUT2D eigenvalue weighted by atomic mass is 9.95. The maximum Gasteiger partial charge on any atom is 0.295 e. The average Bonchev–Trinajstić information content (AvgIpc) is 2.93. The van der Waals surface area contributed by atoms with Crippen molar-refractivity contribution >= 4 is 33.4 Å². The van der Waals surface area contributed by atoms with Gasteiger partial charge in [0.25, 0.3) is 11.7 Å². The van der Waals surface area contributed by atoms with Crippen molar-refractivity contribution in [1.82, 2.24) is 14.8 Å². The third-order valence-electron chi connectivity index (χ3n) is 4.68. The monoisotopic (exact) mass is 443 g/mol. The number of Topliss-reactive ketones (excluding diaryl/α,β-unsaturated/α-hetero) is 1. The van der Waals surface area contributed by atoms with Crippen LogP contribution in [-0.2, 0) is 9.59 Å². The Morgan fingerprint density at radius 2 is 1.79 bits per heavy atom. The Bertz CT molecular complexity index is 895. The van der Waals surface area contributed by atoms with Crippen molar-refractivity contribution < 1.29 is 14.7 Å². The number of benzene rings is 1. The van der Waals surface area contributed by atoms with E-state index in [4.69, 9.17) is 0 Å². The summed E-state index contributed by atoms with van der Waals surface area (Å²) >= 11 is 3.41. The molecule has 2 aromatic rings. The molecule has 3 rings (SSSR count). The lowest BCUT2D eigenvalue weighted by Gasteiger charge is -2.26. The number of aromatic nitrogens is 1. The van der Waals surface area contributed by atoms with E-state index in [0.29, 0.717) is 12.1 Å². The van der Waals surface area contributed by atoms with Gasteiger partial charge in [-0.05, 0) is 56.9 Å². The summed E-state index contributed by atoms with van der Waals surface area (Å²) in [6, 6.07) is 10.1. The van der Waals surface area contributed by atoms with Crippen LogP contribution in [0.4, 0.5) is 0 Å². The number of aliphatic hydroxyl groups is 1. The van der Waals surface area contributed by atoms with Crippen LogP contribution in [0.1, 0.15) is 23.6 Å². The Labute approximate surface area is 172 Å². The lowest BCUT2D eigenvalue weighted by Crippen LogP contribution is -2.32. The smallest absolute Gasteiger partial charge is 0.295 e. The zero-order chi connectivity index (χ0) is 20.3. The first kappa shape index (κ1) is 20.2. The Balaban J connectivity index is 2.07. The summed E-state index contributed by atoms with van der Waals surface area (Å²) in [5.74, 6) is -1.42. The summed E-state index contributed by atoms with van der Waals surface area (Å²) in [7, 11) is 3.92. The molecule has 1 N–H and O–H groups in total. The van der Waals surface area contributed by atoms with Gasteiger partial charge in [0.15, 0.2) is 0 Å². The number of rotatable bonds is 6. The summed E-state index contributed by atoms with van der Waals surface area (Å²) in [4.78, 5) is 33.1. The second-order valence-electron chi connectivity index (χ2n) is 6.94. The number of carbonyl (C=O) groups is 2. The number of carbonyl (C=O) groups excluding carboxylic acids is 2. The van der Waals surface area contributed by atoms with E-state index >= 15 is 0 Å². The fourth-order valence-corrected chi connectivity index (χ4v) is 3.59. The second kappa shape index (κ2) is 8.67. The van der Waals surface area contributed by atoms with Crippen LogP contribution in [0, 0.1) is 0 Å².